The van der Waals surface area contributed by atoms with E-state index in [1.54, 1.807) is 60.7 Å². The van der Waals surface area contributed by atoms with E-state index in [0.717, 1.165) is 5.56 Å². The van der Waals surface area contributed by atoms with Gasteiger partial charge in [-0.05, 0) is 78.4 Å². The summed E-state index contributed by atoms with van der Waals surface area (Å²) in [5.41, 5.74) is 2.16. The van der Waals surface area contributed by atoms with Gasteiger partial charge in [0.05, 0.1) is 13.2 Å². The van der Waals surface area contributed by atoms with Crippen LogP contribution in [-0.2, 0) is 6.42 Å². The van der Waals surface area contributed by atoms with Crippen molar-refractivity contribution in [2.45, 2.75) is 31.3 Å². The van der Waals surface area contributed by atoms with Crippen molar-refractivity contribution < 1.29 is 40.2 Å². The molecule has 0 aliphatic rings. The lowest BCUT2D eigenvalue weighted by atomic mass is 9.86. The summed E-state index contributed by atoms with van der Waals surface area (Å²) in [7, 11) is 1.32. The summed E-state index contributed by atoms with van der Waals surface area (Å²) in [5, 5.41) is 61.9. The zero-order valence-electron chi connectivity index (χ0n) is 23.6. The molecule has 0 saturated heterocycles. The Labute approximate surface area is 249 Å². The topological polar surface area (TPSA) is 148 Å². The van der Waals surface area contributed by atoms with Crippen molar-refractivity contribution in [3.05, 3.63) is 125 Å². The van der Waals surface area contributed by atoms with Gasteiger partial charge in [-0.25, -0.2) is 0 Å². The highest BCUT2D eigenvalue weighted by molar-refractivity contribution is 6.11. The number of carbonyl (C=O) groups is 1. The molecule has 0 bridgehead atoms. The molecule has 4 rings (SSSR count). The largest absolute Gasteiger partial charge is 0.508 e. The molecule has 4 aromatic rings. The Hall–Kier alpha value is -5.21. The summed E-state index contributed by atoms with van der Waals surface area (Å²) in [6.07, 6.45) is 6.96. The summed E-state index contributed by atoms with van der Waals surface area (Å²) in [4.78, 5) is 13.3. The third kappa shape index (κ3) is 7.96. The first-order valence-corrected chi connectivity index (χ1v) is 13.7. The molecule has 4 aromatic carbocycles. The minimum atomic E-state index is -0.747. The molecular weight excluding hydrogens is 548 g/mol. The number of carbonyl (C=O) groups excluding carboxylic acids is 1. The second-order valence-corrected chi connectivity index (χ2v) is 10.1. The number of aliphatic hydroxyl groups is 1. The summed E-state index contributed by atoms with van der Waals surface area (Å²) in [5.74, 6) is -1.80. The molecule has 0 aromatic heterocycles. The first-order valence-electron chi connectivity index (χ1n) is 13.7. The Bertz CT molecular complexity index is 1590. The van der Waals surface area contributed by atoms with Gasteiger partial charge in [-0.3, -0.25) is 4.79 Å². The maximum Gasteiger partial charge on any atom is 0.193 e. The van der Waals surface area contributed by atoms with E-state index in [1.807, 2.05) is 0 Å². The average Bonchev–Trinajstić information content (AvgIpc) is 2.99. The highest BCUT2D eigenvalue weighted by Crippen LogP contribution is 2.45. The van der Waals surface area contributed by atoms with E-state index in [9.17, 15) is 35.4 Å². The maximum absolute atomic E-state index is 13.3. The number of phenolic OH excluding ortho intramolecular Hbond substituents is 5. The molecule has 0 radical (unpaired) electrons. The van der Waals surface area contributed by atoms with Gasteiger partial charge in [0.25, 0.3) is 0 Å². The van der Waals surface area contributed by atoms with E-state index >= 15 is 0 Å². The van der Waals surface area contributed by atoms with E-state index in [4.69, 9.17) is 4.74 Å². The van der Waals surface area contributed by atoms with E-state index in [1.165, 1.54) is 49.6 Å². The molecule has 6 N–H and O–H groups in total. The van der Waals surface area contributed by atoms with Crippen LogP contribution in [-0.4, -0.2) is 49.6 Å². The van der Waals surface area contributed by atoms with Crippen LogP contribution in [0.1, 0.15) is 51.4 Å². The SMILES string of the molecule is COc1cc(O)c([C@@H](C=CC[C@H](O)CCc2ccc(O)cc2)c2ccc(O)cc2)c(O)c1C(=O)C=Cc1ccc(O)cc1. The van der Waals surface area contributed by atoms with Crippen molar-refractivity contribution in [1.82, 2.24) is 0 Å². The van der Waals surface area contributed by atoms with Crippen molar-refractivity contribution in [1.29, 1.82) is 0 Å². The van der Waals surface area contributed by atoms with Crippen molar-refractivity contribution >= 4 is 11.9 Å². The number of allylic oxidation sites excluding steroid dienone is 2. The molecule has 222 valence electrons. The molecule has 43 heavy (non-hydrogen) atoms. The summed E-state index contributed by atoms with van der Waals surface area (Å²) in [6.45, 7) is 0. The van der Waals surface area contributed by atoms with Gasteiger partial charge in [0.15, 0.2) is 5.78 Å². The van der Waals surface area contributed by atoms with Crippen LogP contribution in [0.15, 0.2) is 97.1 Å². The highest BCUT2D eigenvalue weighted by Gasteiger charge is 2.27. The molecule has 8 heteroatoms. The van der Waals surface area contributed by atoms with Crippen LogP contribution < -0.4 is 4.74 Å². The van der Waals surface area contributed by atoms with Crippen LogP contribution in [0.25, 0.3) is 6.08 Å². The van der Waals surface area contributed by atoms with Crippen molar-refractivity contribution in [2.75, 3.05) is 7.11 Å². The Balaban J connectivity index is 1.64. The van der Waals surface area contributed by atoms with Crippen LogP contribution in [0.2, 0.25) is 0 Å². The van der Waals surface area contributed by atoms with Gasteiger partial charge < -0.3 is 35.4 Å². The third-order valence-electron chi connectivity index (χ3n) is 7.07. The van der Waals surface area contributed by atoms with Gasteiger partial charge in [-0.1, -0.05) is 54.6 Å². The second-order valence-electron chi connectivity index (χ2n) is 10.1. The summed E-state index contributed by atoms with van der Waals surface area (Å²) < 4.78 is 5.33. The van der Waals surface area contributed by atoms with Gasteiger partial charge in [0, 0.05) is 17.5 Å². The van der Waals surface area contributed by atoms with E-state index in [-0.39, 0.29) is 46.3 Å². The molecule has 0 amide bonds. The number of aliphatic hydroxyl groups excluding tert-OH is 1. The van der Waals surface area contributed by atoms with E-state index in [2.05, 4.69) is 0 Å². The third-order valence-corrected chi connectivity index (χ3v) is 7.07. The Morgan fingerprint density at radius 3 is 2.02 bits per heavy atom. The zero-order chi connectivity index (χ0) is 30.9. The molecule has 0 fully saturated rings. The lowest BCUT2D eigenvalue weighted by molar-refractivity contribution is 0.104. The Morgan fingerprint density at radius 2 is 1.42 bits per heavy atom. The number of phenols is 5. The number of ketones is 1. The van der Waals surface area contributed by atoms with Gasteiger partial charge >= 0.3 is 0 Å². The number of ether oxygens (including phenoxy) is 1. The number of benzene rings is 4. The fourth-order valence-corrected chi connectivity index (χ4v) is 4.73. The van der Waals surface area contributed by atoms with Crippen LogP contribution in [0.3, 0.4) is 0 Å². The number of aromatic hydroxyl groups is 5. The van der Waals surface area contributed by atoms with Crippen molar-refractivity contribution in [3.63, 3.8) is 0 Å². The fraction of sp³-hybridized carbons (Fsp3) is 0.171. The predicted octanol–water partition coefficient (Wildman–Crippen LogP) is 6.19. The van der Waals surface area contributed by atoms with Crippen molar-refractivity contribution in [2.24, 2.45) is 0 Å². The fourth-order valence-electron chi connectivity index (χ4n) is 4.73. The molecular formula is C35H34O8. The molecule has 0 spiro atoms. The van der Waals surface area contributed by atoms with Crippen LogP contribution in [0, 0.1) is 0 Å². The van der Waals surface area contributed by atoms with E-state index in [0.29, 0.717) is 24.0 Å². The number of hydrogen-bond donors (Lipinski definition) is 6. The van der Waals surface area contributed by atoms with Crippen LogP contribution in [0.4, 0.5) is 0 Å². The monoisotopic (exact) mass is 582 g/mol. The molecule has 0 aliphatic heterocycles. The predicted molar refractivity (Wildman–Crippen MR) is 164 cm³/mol. The summed E-state index contributed by atoms with van der Waals surface area (Å²) >= 11 is 0. The van der Waals surface area contributed by atoms with E-state index < -0.39 is 23.6 Å². The molecule has 0 heterocycles. The summed E-state index contributed by atoms with van der Waals surface area (Å²) in [6, 6.07) is 20.5. The smallest absolute Gasteiger partial charge is 0.193 e. The molecule has 2 atom stereocenters. The van der Waals surface area contributed by atoms with Crippen LogP contribution in [0.5, 0.6) is 34.5 Å². The lowest BCUT2D eigenvalue weighted by Crippen LogP contribution is -2.08. The normalized spacial score (nSPS) is 12.9. The number of aryl methyl sites for hydroxylation is 1. The first kappa shape index (κ1) is 30.7. The van der Waals surface area contributed by atoms with Crippen LogP contribution >= 0.6 is 0 Å². The van der Waals surface area contributed by atoms with Gasteiger partial charge in [-0.15, -0.1) is 0 Å². The minimum Gasteiger partial charge on any atom is -0.508 e. The Kier molecular flexibility index (Phi) is 10.1. The van der Waals surface area contributed by atoms with Crippen molar-refractivity contribution in [3.8, 4) is 34.5 Å². The van der Waals surface area contributed by atoms with Gasteiger partial charge in [-0.2, -0.15) is 0 Å². The first-order chi connectivity index (χ1) is 20.7. The minimum absolute atomic E-state index is 0.0165. The second kappa shape index (κ2) is 14.1. The maximum atomic E-state index is 13.3. The molecule has 0 unspecified atom stereocenters. The standard InChI is InChI=1S/C35H34O8/c1-43-32-21-31(41)33(35(42)34(32)30(40)20-10-23-8-16-27(38)17-9-23)29(24-11-18-28(39)19-12-24)4-2-3-25(36)13-5-22-6-14-26(37)15-7-22/h2,4,6-12,14-21,25,29,36-39,41-42H,3,5,13H2,1H3/t25-,29-/m0/s1. The highest BCUT2D eigenvalue weighted by atomic mass is 16.5. The lowest BCUT2D eigenvalue weighted by Gasteiger charge is -2.20. The number of rotatable bonds is 12. The molecule has 0 aliphatic carbocycles. The molecule has 8 nitrogen and oxygen atoms in total. The zero-order valence-corrected chi connectivity index (χ0v) is 23.6. The quantitative estimate of drug-likeness (QED) is 0.0658. The number of methoxy groups -OCH3 is 1. The average molecular weight is 583 g/mol. The number of hydrogen-bond acceptors (Lipinski definition) is 8. The molecule has 0 saturated carbocycles. The van der Waals surface area contributed by atoms with Gasteiger partial charge in [0.2, 0.25) is 0 Å². The van der Waals surface area contributed by atoms with Gasteiger partial charge in [0.1, 0.15) is 40.1 Å². The Morgan fingerprint density at radius 1 is 0.837 bits per heavy atom.